The van der Waals surface area contributed by atoms with E-state index in [-0.39, 0.29) is 29.9 Å². The van der Waals surface area contributed by atoms with Crippen LogP contribution in [0, 0.1) is 5.82 Å². The molecule has 2 heterocycles. The van der Waals surface area contributed by atoms with Gasteiger partial charge >= 0.3 is 6.36 Å². The van der Waals surface area contributed by atoms with Crippen LogP contribution >= 0.6 is 0 Å². The number of benzene rings is 1. The van der Waals surface area contributed by atoms with E-state index in [1.165, 1.54) is 24.7 Å². The van der Waals surface area contributed by atoms with Gasteiger partial charge in [-0.15, -0.1) is 13.2 Å². The van der Waals surface area contributed by atoms with E-state index >= 15 is 0 Å². The van der Waals surface area contributed by atoms with Crippen LogP contribution in [0.1, 0.15) is 42.5 Å². The molecule has 41 heavy (non-hydrogen) atoms. The third-order valence-electron chi connectivity index (χ3n) is 6.07. The van der Waals surface area contributed by atoms with Crippen molar-refractivity contribution in [1.29, 1.82) is 0 Å². The number of hydrogen-bond donors (Lipinski definition) is 2. The van der Waals surface area contributed by atoms with Crippen molar-refractivity contribution in [2.45, 2.75) is 44.7 Å². The highest BCUT2D eigenvalue weighted by Crippen LogP contribution is 2.29. The van der Waals surface area contributed by atoms with Gasteiger partial charge in [0.05, 0.1) is 6.42 Å². The molecular weight excluding hydrogens is 570 g/mol. The Morgan fingerprint density at radius 2 is 1.95 bits per heavy atom. The number of likely N-dealkylation sites (tertiary alicyclic amines) is 1. The van der Waals surface area contributed by atoms with Crippen molar-refractivity contribution in [2.75, 3.05) is 25.2 Å². The van der Waals surface area contributed by atoms with E-state index in [9.17, 15) is 30.8 Å². The zero-order chi connectivity index (χ0) is 30.4. The zero-order valence-electron chi connectivity index (χ0n) is 22.4. The Balaban J connectivity index is 1.60. The molecule has 0 bridgehead atoms. The number of aromatic nitrogens is 1. The number of nitrogens with two attached hydrogens (primary N) is 2. The largest absolute Gasteiger partial charge is 0.573 e. The van der Waals surface area contributed by atoms with Gasteiger partial charge in [0.2, 0.25) is 11.8 Å². The van der Waals surface area contributed by atoms with Gasteiger partial charge in [0.25, 0.3) is 0 Å². The summed E-state index contributed by atoms with van der Waals surface area (Å²) in [4.78, 5) is 22.6. The van der Waals surface area contributed by atoms with Crippen LogP contribution in [0.3, 0.4) is 0 Å². The summed E-state index contributed by atoms with van der Waals surface area (Å²) in [5, 5.41) is 0. The number of pyridine rings is 1. The van der Waals surface area contributed by atoms with E-state index in [0.717, 1.165) is 18.4 Å². The number of allylic oxidation sites excluding steroid dienone is 1. The fourth-order valence-electron chi connectivity index (χ4n) is 4.07. The predicted molar refractivity (Wildman–Crippen MR) is 144 cm³/mol. The van der Waals surface area contributed by atoms with Gasteiger partial charge in [-0.05, 0) is 30.7 Å². The number of carbonyl (C=O) groups is 1. The van der Waals surface area contributed by atoms with Crippen molar-refractivity contribution < 1.29 is 40.2 Å². The number of nitrogens with zero attached hydrogens (tertiary/aromatic N) is 3. The van der Waals surface area contributed by atoms with Crippen LogP contribution in [-0.4, -0.2) is 68.1 Å². The van der Waals surface area contributed by atoms with E-state index in [2.05, 4.69) is 14.7 Å². The lowest BCUT2D eigenvalue weighted by molar-refractivity contribution is -0.275. The number of aliphatic imine (C=N–C) groups is 1. The average molecular weight is 602 g/mol. The molecule has 4 N–H and O–H groups in total. The van der Waals surface area contributed by atoms with Crippen molar-refractivity contribution in [2.24, 2.45) is 16.5 Å². The summed E-state index contributed by atoms with van der Waals surface area (Å²) in [6.07, 6.45) is 0.678. The third-order valence-corrected chi connectivity index (χ3v) is 6.69. The Morgan fingerprint density at radius 1 is 1.27 bits per heavy atom. The molecule has 1 atom stereocenters. The summed E-state index contributed by atoms with van der Waals surface area (Å²) in [6, 6.07) is 4.18. The first kappa shape index (κ1) is 31.8. The van der Waals surface area contributed by atoms with E-state index < -0.39 is 33.8 Å². The minimum atomic E-state index is -5.02. The number of halogens is 4. The van der Waals surface area contributed by atoms with Gasteiger partial charge < -0.3 is 25.8 Å². The Hall–Kier alpha value is -3.72. The predicted octanol–water partition coefficient (Wildman–Crippen LogP) is 3.12. The molecule has 224 valence electrons. The van der Waals surface area contributed by atoms with Crippen LogP contribution in [0.5, 0.6) is 11.6 Å². The number of amides is 1. The van der Waals surface area contributed by atoms with Crippen LogP contribution in [-0.2, 0) is 21.1 Å². The molecule has 0 saturated carbocycles. The lowest BCUT2D eigenvalue weighted by Crippen LogP contribution is -2.42. The van der Waals surface area contributed by atoms with Crippen LogP contribution in [0.25, 0.3) is 5.57 Å². The molecule has 1 fully saturated rings. The second kappa shape index (κ2) is 13.3. The van der Waals surface area contributed by atoms with Gasteiger partial charge in [-0.1, -0.05) is 6.07 Å². The topological polar surface area (TPSA) is 150 Å². The quantitative estimate of drug-likeness (QED) is 0.312. The highest BCUT2D eigenvalue weighted by atomic mass is 32.2. The van der Waals surface area contributed by atoms with E-state index in [1.54, 1.807) is 17.9 Å². The fourth-order valence-corrected chi connectivity index (χ4v) is 4.41. The first-order chi connectivity index (χ1) is 19.1. The minimum Gasteiger partial charge on any atom is -0.474 e. The highest BCUT2D eigenvalue weighted by molar-refractivity contribution is 7.90. The van der Waals surface area contributed by atoms with Crippen molar-refractivity contribution in [3.8, 4) is 11.6 Å². The number of hydrogen-bond acceptors (Lipinski definition) is 9. The number of alkyl halides is 3. The molecule has 1 unspecified atom stereocenters. The Bertz CT molecular complexity index is 1410. The zero-order valence-corrected chi connectivity index (χ0v) is 23.2. The minimum absolute atomic E-state index is 0.183. The van der Waals surface area contributed by atoms with E-state index in [0.29, 0.717) is 48.5 Å². The molecule has 0 radical (unpaired) electrons. The highest BCUT2D eigenvalue weighted by Gasteiger charge is 2.32. The summed E-state index contributed by atoms with van der Waals surface area (Å²) in [6.45, 7) is 2.45. The van der Waals surface area contributed by atoms with Gasteiger partial charge in [-0.3, -0.25) is 9.79 Å². The molecule has 10 nitrogen and oxygen atoms in total. The smallest absolute Gasteiger partial charge is 0.474 e. The second-order valence-electron chi connectivity index (χ2n) is 9.58. The molecule has 0 spiro atoms. The standard InChI is InChI=1S/C26H31F4N5O5S/c1-16(32)21-11-18(19(12-31)13-33-15-41(2,37)38)14-34-25(21)39-20-5-7-35(8-6-20)24(36)10-17-3-4-23(22(27)9-17)40-26(28,29)30/h3-4,9,11-14,16,20H,5-8,10,15,31-32H2,1-2H3. The number of sulfone groups is 1. The van der Waals surface area contributed by atoms with Gasteiger partial charge in [-0.25, -0.2) is 17.8 Å². The molecule has 3 rings (SSSR count). The monoisotopic (exact) mass is 601 g/mol. The summed E-state index contributed by atoms with van der Waals surface area (Å²) in [5.74, 6) is -2.55. The second-order valence-corrected chi connectivity index (χ2v) is 11.7. The number of carbonyl (C=O) groups excluding carboxylic acids is 1. The van der Waals surface area contributed by atoms with Crippen LogP contribution in [0.15, 0.2) is 41.7 Å². The first-order valence-corrected chi connectivity index (χ1v) is 14.5. The summed E-state index contributed by atoms with van der Waals surface area (Å²) < 4.78 is 83.4. The van der Waals surface area contributed by atoms with E-state index in [4.69, 9.17) is 16.2 Å². The van der Waals surface area contributed by atoms with Crippen molar-refractivity contribution in [3.63, 3.8) is 0 Å². The van der Waals surface area contributed by atoms with Crippen LogP contribution in [0.4, 0.5) is 17.6 Å². The lowest BCUT2D eigenvalue weighted by atomic mass is 10.0. The number of piperidine rings is 1. The van der Waals surface area contributed by atoms with Gasteiger partial charge in [-0.2, -0.15) is 0 Å². The van der Waals surface area contributed by atoms with Crippen molar-refractivity contribution in [1.82, 2.24) is 9.88 Å². The fraction of sp³-hybridized carbons (Fsp3) is 0.423. The molecule has 1 aromatic carbocycles. The molecular formula is C26H31F4N5O5S. The van der Waals surface area contributed by atoms with E-state index in [1.807, 2.05) is 0 Å². The van der Waals surface area contributed by atoms with Crippen LogP contribution < -0.4 is 20.9 Å². The lowest BCUT2D eigenvalue weighted by Gasteiger charge is -2.32. The summed E-state index contributed by atoms with van der Waals surface area (Å²) >= 11 is 0. The maximum absolute atomic E-state index is 14.0. The first-order valence-electron chi connectivity index (χ1n) is 12.5. The number of ether oxygens (including phenoxy) is 2. The molecule has 1 aromatic heterocycles. The van der Waals surface area contributed by atoms with Crippen LogP contribution in [0.2, 0.25) is 0 Å². The molecule has 15 heteroatoms. The Kier molecular flexibility index (Phi) is 10.3. The normalized spacial score (nSPS) is 16.2. The van der Waals surface area contributed by atoms with Gasteiger partial charge in [0.15, 0.2) is 21.4 Å². The maximum atomic E-state index is 14.0. The molecule has 2 aromatic rings. The SMILES string of the molecule is CC(N)c1cc(C(C=NCS(C)(=O)=O)=CN)cnc1OC1CCN(C(=O)Cc2ccc(OC(F)(F)F)c(F)c2)CC1. The summed E-state index contributed by atoms with van der Waals surface area (Å²) in [7, 11) is -3.29. The Morgan fingerprint density at radius 3 is 2.51 bits per heavy atom. The molecule has 1 aliphatic heterocycles. The molecule has 1 aliphatic rings. The average Bonchev–Trinajstić information content (AvgIpc) is 2.87. The molecule has 1 amide bonds. The summed E-state index contributed by atoms with van der Waals surface area (Å²) in [5.41, 5.74) is 13.7. The maximum Gasteiger partial charge on any atom is 0.573 e. The van der Waals surface area contributed by atoms with Gasteiger partial charge in [0.1, 0.15) is 12.0 Å². The Labute approximate surface area is 234 Å². The molecule has 0 aliphatic carbocycles. The number of rotatable bonds is 10. The van der Waals surface area contributed by atoms with Crippen molar-refractivity contribution in [3.05, 3.63) is 59.2 Å². The third kappa shape index (κ3) is 9.70. The van der Waals surface area contributed by atoms with Crippen molar-refractivity contribution >= 4 is 27.5 Å². The molecule has 1 saturated heterocycles. The van der Waals surface area contributed by atoms with Gasteiger partial charge in [0, 0.05) is 73.5 Å².